The van der Waals surface area contributed by atoms with Crippen molar-refractivity contribution in [3.05, 3.63) is 48.9 Å². The highest BCUT2D eigenvalue weighted by atomic mass is 35.5. The third-order valence-corrected chi connectivity index (χ3v) is 4.44. The number of nitrogens with two attached hydrogens (primary N) is 1. The molecule has 1 aromatic carbocycles. The van der Waals surface area contributed by atoms with E-state index in [-0.39, 0.29) is 0 Å². The van der Waals surface area contributed by atoms with E-state index in [1.807, 2.05) is 30.3 Å². The fourth-order valence-electron chi connectivity index (χ4n) is 3.02. The second-order valence-corrected chi connectivity index (χ2v) is 6.29. The number of pyridine rings is 3. The predicted octanol–water partition coefficient (Wildman–Crippen LogP) is 4.05. The first kappa shape index (κ1) is 17.3. The monoisotopic (exact) mass is 380 g/mol. The van der Waals surface area contributed by atoms with Gasteiger partial charge in [-0.3, -0.25) is 9.97 Å². The molecule has 3 heterocycles. The fourth-order valence-corrected chi connectivity index (χ4v) is 3.10. The maximum absolute atomic E-state index is 6.21. The zero-order valence-corrected chi connectivity index (χ0v) is 15.4. The molecule has 0 spiro atoms. The Bertz CT molecular complexity index is 1120. The van der Waals surface area contributed by atoms with Crippen LogP contribution in [0, 0.1) is 0 Å². The number of halogens is 1. The van der Waals surface area contributed by atoms with Crippen molar-refractivity contribution in [2.24, 2.45) is 0 Å². The van der Waals surface area contributed by atoms with Crippen molar-refractivity contribution in [3.63, 3.8) is 0 Å². The van der Waals surface area contributed by atoms with Crippen molar-refractivity contribution < 1.29 is 9.47 Å². The molecule has 0 aliphatic heterocycles. The van der Waals surface area contributed by atoms with Crippen LogP contribution >= 0.6 is 11.6 Å². The van der Waals surface area contributed by atoms with E-state index in [4.69, 9.17) is 26.8 Å². The molecule has 7 heteroatoms. The van der Waals surface area contributed by atoms with Crippen molar-refractivity contribution in [2.45, 2.75) is 0 Å². The number of benzene rings is 1. The molecule has 0 amide bonds. The van der Waals surface area contributed by atoms with Gasteiger partial charge in [-0.2, -0.15) is 0 Å². The minimum Gasteiger partial charge on any atom is -0.493 e. The molecule has 2 N–H and O–H groups in total. The largest absolute Gasteiger partial charge is 0.493 e. The van der Waals surface area contributed by atoms with Gasteiger partial charge >= 0.3 is 0 Å². The number of nitrogens with zero attached hydrogens (tertiary/aromatic N) is 3. The van der Waals surface area contributed by atoms with Crippen LogP contribution in [0.1, 0.15) is 0 Å². The number of nitrogen functional groups attached to an aromatic ring is 1. The number of anilines is 1. The first-order chi connectivity index (χ1) is 13.2. The molecule has 0 unspecified atom stereocenters. The molecule has 136 valence electrons. The van der Waals surface area contributed by atoms with Gasteiger partial charge in [0.05, 0.1) is 24.2 Å². The van der Waals surface area contributed by atoms with Crippen LogP contribution in [-0.4, -0.2) is 34.5 Å². The molecule has 0 saturated heterocycles. The van der Waals surface area contributed by atoms with Gasteiger partial charge in [0.2, 0.25) is 0 Å². The van der Waals surface area contributed by atoms with Crippen molar-refractivity contribution >= 4 is 39.1 Å². The van der Waals surface area contributed by atoms with Crippen LogP contribution in [0.25, 0.3) is 32.9 Å². The van der Waals surface area contributed by atoms with E-state index in [1.165, 1.54) is 0 Å². The molecule has 4 aromatic rings. The van der Waals surface area contributed by atoms with Crippen molar-refractivity contribution in [3.8, 4) is 22.8 Å². The number of hydrogen-bond donors (Lipinski definition) is 1. The van der Waals surface area contributed by atoms with Crippen LogP contribution in [0.3, 0.4) is 0 Å². The number of fused-ring (bicyclic) bond motifs is 3. The van der Waals surface area contributed by atoms with Gasteiger partial charge in [-0.1, -0.05) is 0 Å². The molecule has 27 heavy (non-hydrogen) atoms. The summed E-state index contributed by atoms with van der Waals surface area (Å²) in [6.07, 6.45) is 5.21. The first-order valence-corrected chi connectivity index (χ1v) is 8.91. The lowest BCUT2D eigenvalue weighted by molar-refractivity contribution is 0.313. The third kappa shape index (κ3) is 3.19. The Kier molecular flexibility index (Phi) is 4.64. The van der Waals surface area contributed by atoms with Gasteiger partial charge in [0.1, 0.15) is 12.4 Å². The Balaban J connectivity index is 1.97. The Morgan fingerprint density at radius 1 is 1.07 bits per heavy atom. The topological polar surface area (TPSA) is 83.2 Å². The molecule has 0 bridgehead atoms. The Morgan fingerprint density at radius 2 is 1.96 bits per heavy atom. The summed E-state index contributed by atoms with van der Waals surface area (Å²) in [6, 6.07) is 9.56. The van der Waals surface area contributed by atoms with Crippen molar-refractivity contribution in [1.29, 1.82) is 0 Å². The average molecular weight is 381 g/mol. The molecule has 0 aliphatic carbocycles. The summed E-state index contributed by atoms with van der Waals surface area (Å²) in [7, 11) is 1.60. The van der Waals surface area contributed by atoms with Crippen LogP contribution in [0.2, 0.25) is 0 Å². The maximum atomic E-state index is 6.21. The van der Waals surface area contributed by atoms with E-state index in [0.29, 0.717) is 29.8 Å². The average Bonchev–Trinajstić information content (AvgIpc) is 2.71. The van der Waals surface area contributed by atoms with E-state index in [2.05, 4.69) is 15.0 Å². The van der Waals surface area contributed by atoms with Gasteiger partial charge in [-0.25, -0.2) is 4.98 Å². The van der Waals surface area contributed by atoms with Gasteiger partial charge in [0, 0.05) is 41.0 Å². The molecular formula is C20H17ClN4O2. The summed E-state index contributed by atoms with van der Waals surface area (Å²) in [5, 5.41) is 2.63. The smallest absolute Gasteiger partial charge is 0.163 e. The number of hydrogen-bond acceptors (Lipinski definition) is 6. The minimum atomic E-state index is 0.388. The van der Waals surface area contributed by atoms with Crippen LogP contribution < -0.4 is 15.2 Å². The number of rotatable bonds is 5. The number of aromatic nitrogens is 3. The zero-order chi connectivity index (χ0) is 18.8. The summed E-state index contributed by atoms with van der Waals surface area (Å²) >= 11 is 5.73. The second kappa shape index (κ2) is 7.25. The van der Waals surface area contributed by atoms with Crippen molar-refractivity contribution in [2.75, 3.05) is 25.3 Å². The SMILES string of the molecule is COc1cc2c(cc1OCCCl)ncc1c(N)nc(-c3cccnc3)cc12. The highest BCUT2D eigenvalue weighted by Crippen LogP contribution is 2.37. The molecule has 0 radical (unpaired) electrons. The molecule has 6 nitrogen and oxygen atoms in total. The normalized spacial score (nSPS) is 11.0. The number of alkyl halides is 1. The van der Waals surface area contributed by atoms with E-state index in [1.54, 1.807) is 25.7 Å². The van der Waals surface area contributed by atoms with Gasteiger partial charge in [-0.15, -0.1) is 11.6 Å². The molecule has 0 atom stereocenters. The predicted molar refractivity (Wildman–Crippen MR) is 107 cm³/mol. The standard InChI is InChI=1S/C20H17ClN4O2/c1-26-18-8-14-13-7-16(12-3-2-5-23-10-12)25-20(22)15(13)11-24-17(14)9-19(18)27-6-4-21/h2-3,5,7-11H,4,6H2,1H3,(H2,22,25). The Labute approximate surface area is 160 Å². The minimum absolute atomic E-state index is 0.388. The van der Waals surface area contributed by atoms with E-state index >= 15 is 0 Å². The summed E-state index contributed by atoms with van der Waals surface area (Å²) in [6.45, 7) is 0.388. The number of methoxy groups -OCH3 is 1. The van der Waals surface area contributed by atoms with E-state index in [0.717, 1.165) is 32.9 Å². The molecule has 0 fully saturated rings. The lowest BCUT2D eigenvalue weighted by Crippen LogP contribution is -2.01. The summed E-state index contributed by atoms with van der Waals surface area (Å²) in [4.78, 5) is 13.2. The van der Waals surface area contributed by atoms with E-state index < -0.39 is 0 Å². The molecule has 4 rings (SSSR count). The summed E-state index contributed by atoms with van der Waals surface area (Å²) < 4.78 is 11.2. The highest BCUT2D eigenvalue weighted by Gasteiger charge is 2.13. The van der Waals surface area contributed by atoms with Gasteiger partial charge in [0.25, 0.3) is 0 Å². The molecule has 3 aromatic heterocycles. The molecular weight excluding hydrogens is 364 g/mol. The quantitative estimate of drug-likeness (QED) is 0.415. The molecule has 0 aliphatic rings. The highest BCUT2D eigenvalue weighted by molar-refractivity contribution is 6.18. The summed E-state index contributed by atoms with van der Waals surface area (Å²) in [5.41, 5.74) is 8.63. The maximum Gasteiger partial charge on any atom is 0.163 e. The summed E-state index contributed by atoms with van der Waals surface area (Å²) in [5.74, 6) is 2.03. The van der Waals surface area contributed by atoms with E-state index in [9.17, 15) is 0 Å². The van der Waals surface area contributed by atoms with Gasteiger partial charge in [0.15, 0.2) is 11.5 Å². The van der Waals surface area contributed by atoms with Crippen molar-refractivity contribution in [1.82, 2.24) is 15.0 Å². The van der Waals surface area contributed by atoms with Crippen LogP contribution in [0.4, 0.5) is 5.82 Å². The fraction of sp³-hybridized carbons (Fsp3) is 0.150. The first-order valence-electron chi connectivity index (χ1n) is 8.37. The van der Waals surface area contributed by atoms with Gasteiger partial charge in [-0.05, 0) is 29.7 Å². The lowest BCUT2D eigenvalue weighted by atomic mass is 10.0. The van der Waals surface area contributed by atoms with Crippen LogP contribution in [-0.2, 0) is 0 Å². The number of ether oxygens (including phenoxy) is 2. The van der Waals surface area contributed by atoms with Crippen LogP contribution in [0.15, 0.2) is 48.9 Å². The zero-order valence-electron chi connectivity index (χ0n) is 14.6. The van der Waals surface area contributed by atoms with Gasteiger partial charge < -0.3 is 15.2 Å². The Hall–Kier alpha value is -3.12. The van der Waals surface area contributed by atoms with Crippen LogP contribution in [0.5, 0.6) is 11.5 Å². The molecule has 0 saturated carbocycles. The second-order valence-electron chi connectivity index (χ2n) is 5.91. The third-order valence-electron chi connectivity index (χ3n) is 4.28. The lowest BCUT2D eigenvalue weighted by Gasteiger charge is -2.13. The Morgan fingerprint density at radius 3 is 2.70 bits per heavy atom.